The van der Waals surface area contributed by atoms with Gasteiger partial charge in [0.25, 0.3) is 0 Å². The first-order valence-corrected chi connectivity index (χ1v) is 5.08. The zero-order chi connectivity index (χ0) is 11.0. The molecule has 0 aromatic heterocycles. The van der Waals surface area contributed by atoms with E-state index < -0.39 is 6.10 Å². The predicted octanol–water partition coefficient (Wildman–Crippen LogP) is 0.397. The Morgan fingerprint density at radius 3 is 2.36 bits per heavy atom. The third kappa shape index (κ3) is 8.44. The Morgan fingerprint density at radius 1 is 1.21 bits per heavy atom. The van der Waals surface area contributed by atoms with Crippen LogP contribution in [0, 0.1) is 0 Å². The van der Waals surface area contributed by atoms with Crippen molar-refractivity contribution in [2.24, 2.45) is 0 Å². The highest BCUT2D eigenvalue weighted by molar-refractivity contribution is 4.61. The summed E-state index contributed by atoms with van der Waals surface area (Å²) in [7, 11) is 1.64. The van der Waals surface area contributed by atoms with Crippen molar-refractivity contribution in [3.63, 3.8) is 0 Å². The van der Waals surface area contributed by atoms with Crippen molar-refractivity contribution in [3.8, 4) is 0 Å². The van der Waals surface area contributed by atoms with Crippen molar-refractivity contribution in [2.75, 3.05) is 26.9 Å². The lowest BCUT2D eigenvalue weighted by Crippen LogP contribution is -2.35. The number of aliphatic hydroxyl groups excluding tert-OH is 1. The minimum Gasteiger partial charge on any atom is -0.389 e. The molecule has 2 atom stereocenters. The van der Waals surface area contributed by atoms with Gasteiger partial charge in [-0.1, -0.05) is 13.8 Å². The summed E-state index contributed by atoms with van der Waals surface area (Å²) in [6.45, 7) is 7.49. The zero-order valence-electron chi connectivity index (χ0n) is 9.62. The maximum absolute atomic E-state index is 9.49. The number of ether oxygens (including phenoxy) is 2. The van der Waals surface area contributed by atoms with E-state index in [-0.39, 0.29) is 6.10 Å². The van der Waals surface area contributed by atoms with Crippen molar-refractivity contribution in [2.45, 2.75) is 39.0 Å². The molecule has 0 aromatic carbocycles. The van der Waals surface area contributed by atoms with Crippen molar-refractivity contribution in [1.29, 1.82) is 0 Å². The molecule has 2 unspecified atom stereocenters. The van der Waals surface area contributed by atoms with Crippen LogP contribution in [0.5, 0.6) is 0 Å². The van der Waals surface area contributed by atoms with Crippen LogP contribution in [0.15, 0.2) is 0 Å². The van der Waals surface area contributed by atoms with Crippen molar-refractivity contribution >= 4 is 0 Å². The van der Waals surface area contributed by atoms with Gasteiger partial charge in [-0.3, -0.25) is 0 Å². The summed E-state index contributed by atoms with van der Waals surface area (Å²) in [6.07, 6.45) is -0.412. The summed E-state index contributed by atoms with van der Waals surface area (Å²) >= 11 is 0. The Hall–Kier alpha value is -0.160. The highest BCUT2D eigenvalue weighted by atomic mass is 16.5. The predicted molar refractivity (Wildman–Crippen MR) is 56.4 cm³/mol. The van der Waals surface area contributed by atoms with Gasteiger partial charge in [0, 0.05) is 19.7 Å². The lowest BCUT2D eigenvalue weighted by atomic mass is 10.3. The van der Waals surface area contributed by atoms with E-state index in [0.717, 1.165) is 0 Å². The van der Waals surface area contributed by atoms with Crippen LogP contribution in [0.4, 0.5) is 0 Å². The Balaban J connectivity index is 3.38. The zero-order valence-corrected chi connectivity index (χ0v) is 9.62. The number of hydrogen-bond acceptors (Lipinski definition) is 4. The van der Waals surface area contributed by atoms with Crippen molar-refractivity contribution in [3.05, 3.63) is 0 Å². The molecule has 2 N–H and O–H groups in total. The fourth-order valence-corrected chi connectivity index (χ4v) is 0.989. The number of aliphatic hydroxyl groups is 1. The number of rotatable bonds is 8. The summed E-state index contributed by atoms with van der Waals surface area (Å²) in [5.74, 6) is 0. The van der Waals surface area contributed by atoms with E-state index in [1.54, 1.807) is 7.11 Å². The molecule has 0 radical (unpaired) electrons. The van der Waals surface area contributed by atoms with Gasteiger partial charge >= 0.3 is 0 Å². The molecule has 0 rings (SSSR count). The molecule has 0 amide bonds. The Bertz CT molecular complexity index is 131. The molecular formula is C10H23NO3. The highest BCUT2D eigenvalue weighted by Gasteiger charge is 2.07. The van der Waals surface area contributed by atoms with E-state index in [0.29, 0.717) is 25.8 Å². The monoisotopic (exact) mass is 205 g/mol. The second-order valence-electron chi connectivity index (χ2n) is 3.82. The fraction of sp³-hybridized carbons (Fsp3) is 1.00. The minimum absolute atomic E-state index is 0.0358. The molecule has 0 saturated heterocycles. The molecule has 14 heavy (non-hydrogen) atoms. The Labute approximate surface area is 86.6 Å². The van der Waals surface area contributed by atoms with E-state index in [9.17, 15) is 5.11 Å². The smallest absolute Gasteiger partial charge is 0.0897 e. The van der Waals surface area contributed by atoms with Crippen LogP contribution in [0.3, 0.4) is 0 Å². The number of nitrogens with one attached hydrogen (secondary N) is 1. The molecule has 0 bridgehead atoms. The molecule has 0 fully saturated rings. The molecule has 0 aliphatic heterocycles. The molecule has 4 heteroatoms. The molecule has 86 valence electrons. The van der Waals surface area contributed by atoms with Crippen LogP contribution in [-0.2, 0) is 9.47 Å². The second kappa shape index (κ2) is 8.17. The minimum atomic E-state index is -0.447. The van der Waals surface area contributed by atoms with E-state index in [1.165, 1.54) is 0 Å². The van der Waals surface area contributed by atoms with Gasteiger partial charge in [-0.2, -0.15) is 0 Å². The highest BCUT2D eigenvalue weighted by Crippen LogP contribution is 1.93. The molecule has 0 heterocycles. The second-order valence-corrected chi connectivity index (χ2v) is 3.82. The molecule has 0 aliphatic carbocycles. The van der Waals surface area contributed by atoms with E-state index in [4.69, 9.17) is 9.47 Å². The summed E-state index contributed by atoms with van der Waals surface area (Å²) in [5.41, 5.74) is 0. The first-order valence-electron chi connectivity index (χ1n) is 5.08. The van der Waals surface area contributed by atoms with Crippen LogP contribution in [-0.4, -0.2) is 50.2 Å². The average molecular weight is 205 g/mol. The Kier molecular flexibility index (Phi) is 8.08. The summed E-state index contributed by atoms with van der Waals surface area (Å²) in [5, 5.41) is 12.6. The third-order valence-electron chi connectivity index (χ3n) is 1.74. The van der Waals surface area contributed by atoms with Gasteiger partial charge in [0.1, 0.15) is 0 Å². The molecule has 0 aliphatic rings. The van der Waals surface area contributed by atoms with Gasteiger partial charge in [0.2, 0.25) is 0 Å². The standard InChI is InChI=1S/C10H23NO3/c1-8(2)11-5-10(12)7-14-9(3)6-13-4/h8-12H,5-7H2,1-4H3. The van der Waals surface area contributed by atoms with Crippen molar-refractivity contribution in [1.82, 2.24) is 5.32 Å². The Morgan fingerprint density at radius 2 is 1.86 bits per heavy atom. The van der Waals surface area contributed by atoms with Crippen LogP contribution < -0.4 is 5.32 Å². The van der Waals surface area contributed by atoms with E-state index in [2.05, 4.69) is 5.32 Å². The van der Waals surface area contributed by atoms with Gasteiger partial charge in [-0.15, -0.1) is 0 Å². The number of hydrogen-bond donors (Lipinski definition) is 2. The lowest BCUT2D eigenvalue weighted by Gasteiger charge is -2.17. The molecule has 0 aromatic rings. The van der Waals surface area contributed by atoms with E-state index >= 15 is 0 Å². The van der Waals surface area contributed by atoms with Gasteiger partial charge in [-0.25, -0.2) is 0 Å². The van der Waals surface area contributed by atoms with Crippen LogP contribution in [0.1, 0.15) is 20.8 Å². The first kappa shape index (κ1) is 13.8. The largest absolute Gasteiger partial charge is 0.389 e. The molecule has 0 saturated carbocycles. The van der Waals surface area contributed by atoms with Gasteiger partial charge in [0.15, 0.2) is 0 Å². The lowest BCUT2D eigenvalue weighted by molar-refractivity contribution is -0.0314. The normalized spacial score (nSPS) is 15.9. The summed E-state index contributed by atoms with van der Waals surface area (Å²) < 4.78 is 10.3. The van der Waals surface area contributed by atoms with Crippen LogP contribution in [0.2, 0.25) is 0 Å². The molecule has 4 nitrogen and oxygen atoms in total. The van der Waals surface area contributed by atoms with E-state index in [1.807, 2.05) is 20.8 Å². The SMILES string of the molecule is COCC(C)OCC(O)CNC(C)C. The molecular weight excluding hydrogens is 182 g/mol. The first-order chi connectivity index (χ1) is 6.56. The average Bonchev–Trinajstić information content (AvgIpc) is 2.12. The number of methoxy groups -OCH3 is 1. The topological polar surface area (TPSA) is 50.7 Å². The third-order valence-corrected chi connectivity index (χ3v) is 1.74. The van der Waals surface area contributed by atoms with Gasteiger partial charge in [0.05, 0.1) is 25.4 Å². The summed E-state index contributed by atoms with van der Waals surface area (Å²) in [6, 6.07) is 0.390. The summed E-state index contributed by atoms with van der Waals surface area (Å²) in [4.78, 5) is 0. The van der Waals surface area contributed by atoms with Gasteiger partial charge in [-0.05, 0) is 6.92 Å². The quantitative estimate of drug-likeness (QED) is 0.602. The van der Waals surface area contributed by atoms with Crippen LogP contribution in [0.25, 0.3) is 0 Å². The molecule has 0 spiro atoms. The van der Waals surface area contributed by atoms with Gasteiger partial charge < -0.3 is 19.9 Å². The van der Waals surface area contributed by atoms with Crippen LogP contribution >= 0.6 is 0 Å². The fourth-order valence-electron chi connectivity index (χ4n) is 0.989. The maximum atomic E-state index is 9.49. The van der Waals surface area contributed by atoms with Crippen molar-refractivity contribution < 1.29 is 14.6 Å². The maximum Gasteiger partial charge on any atom is 0.0897 e.